The van der Waals surface area contributed by atoms with Crippen molar-refractivity contribution in [2.24, 2.45) is 16.3 Å². The molecule has 0 bridgehead atoms. The third kappa shape index (κ3) is 8.41. The Balaban J connectivity index is 2.48. The Morgan fingerprint density at radius 3 is 2.40 bits per heavy atom. The summed E-state index contributed by atoms with van der Waals surface area (Å²) in [6.45, 7) is 10.3. The number of aliphatic imine (C=N–C) groups is 1. The van der Waals surface area contributed by atoms with E-state index in [1.54, 1.807) is 0 Å². The number of hydrogen-bond donors (Lipinski definition) is 2. The van der Waals surface area contributed by atoms with Crippen molar-refractivity contribution in [1.82, 2.24) is 15.5 Å². The van der Waals surface area contributed by atoms with E-state index in [-0.39, 0.29) is 0 Å². The number of hydrogen-bond acceptors (Lipinski definition) is 3. The first kappa shape index (κ1) is 22.2. The van der Waals surface area contributed by atoms with E-state index >= 15 is 0 Å². The van der Waals surface area contributed by atoms with Gasteiger partial charge in [-0.05, 0) is 58.0 Å². The van der Waals surface area contributed by atoms with Crippen molar-refractivity contribution in [3.63, 3.8) is 0 Å². The second-order valence-electron chi connectivity index (χ2n) is 8.21. The zero-order valence-corrected chi connectivity index (χ0v) is 17.5. The highest BCUT2D eigenvalue weighted by Gasteiger charge is 2.33. The van der Waals surface area contributed by atoms with E-state index in [4.69, 9.17) is 4.74 Å². The number of ether oxygens (including phenoxy) is 1. The Kier molecular flexibility index (Phi) is 10.4. The van der Waals surface area contributed by atoms with Crippen LogP contribution in [0.1, 0.15) is 59.3 Å². The zero-order chi connectivity index (χ0) is 18.7. The fourth-order valence-corrected chi connectivity index (χ4v) is 3.80. The van der Waals surface area contributed by atoms with E-state index in [9.17, 15) is 0 Å². The molecule has 0 heterocycles. The van der Waals surface area contributed by atoms with Gasteiger partial charge in [-0.1, -0.05) is 26.7 Å². The lowest BCUT2D eigenvalue weighted by molar-refractivity contribution is 0.105. The Morgan fingerprint density at radius 2 is 1.88 bits per heavy atom. The molecule has 0 aromatic heterocycles. The first-order valence-corrected chi connectivity index (χ1v) is 10.1. The third-order valence-electron chi connectivity index (χ3n) is 5.48. The van der Waals surface area contributed by atoms with Crippen LogP contribution in [-0.2, 0) is 4.74 Å². The van der Waals surface area contributed by atoms with Gasteiger partial charge in [-0.15, -0.1) is 0 Å². The molecule has 1 aliphatic carbocycles. The molecule has 1 aliphatic rings. The molecule has 0 amide bonds. The van der Waals surface area contributed by atoms with Gasteiger partial charge in [0.15, 0.2) is 5.96 Å². The smallest absolute Gasteiger partial charge is 0.191 e. The molecule has 0 aromatic rings. The van der Waals surface area contributed by atoms with Crippen molar-refractivity contribution < 1.29 is 4.74 Å². The molecule has 1 saturated carbocycles. The Hall–Kier alpha value is -0.810. The van der Waals surface area contributed by atoms with Crippen molar-refractivity contribution >= 4 is 5.96 Å². The first-order chi connectivity index (χ1) is 11.9. The molecule has 1 fully saturated rings. The van der Waals surface area contributed by atoms with E-state index in [2.05, 4.69) is 55.4 Å². The Labute approximate surface area is 156 Å². The average Bonchev–Trinajstić information content (AvgIpc) is 3.02. The zero-order valence-electron chi connectivity index (χ0n) is 17.5. The Morgan fingerprint density at radius 1 is 1.20 bits per heavy atom. The van der Waals surface area contributed by atoms with Gasteiger partial charge in [0.2, 0.25) is 0 Å². The SMILES string of the molecule is CCOCCC1(CNC(=NC)NCC(CC(C)C)N(C)C)CCCC1. The van der Waals surface area contributed by atoms with Crippen LogP contribution in [0, 0.1) is 11.3 Å². The molecule has 0 spiro atoms. The van der Waals surface area contributed by atoms with Gasteiger partial charge in [0, 0.05) is 39.4 Å². The van der Waals surface area contributed by atoms with Gasteiger partial charge in [-0.25, -0.2) is 0 Å². The quantitative estimate of drug-likeness (QED) is 0.340. The maximum atomic E-state index is 5.62. The van der Waals surface area contributed by atoms with Crippen LogP contribution in [0.2, 0.25) is 0 Å². The molecular formula is C20H42N4O. The van der Waals surface area contributed by atoms with Crippen molar-refractivity contribution in [3.8, 4) is 0 Å². The lowest BCUT2D eigenvalue weighted by atomic mass is 9.83. The highest BCUT2D eigenvalue weighted by molar-refractivity contribution is 5.79. The van der Waals surface area contributed by atoms with Gasteiger partial charge >= 0.3 is 0 Å². The molecule has 0 radical (unpaired) electrons. The van der Waals surface area contributed by atoms with E-state index in [0.717, 1.165) is 38.7 Å². The molecule has 0 aromatic carbocycles. The summed E-state index contributed by atoms with van der Waals surface area (Å²) in [6.07, 6.45) is 7.64. The fraction of sp³-hybridized carbons (Fsp3) is 0.950. The summed E-state index contributed by atoms with van der Waals surface area (Å²) in [5, 5.41) is 7.12. The van der Waals surface area contributed by atoms with Crippen molar-refractivity contribution in [3.05, 3.63) is 0 Å². The maximum absolute atomic E-state index is 5.62. The molecule has 2 N–H and O–H groups in total. The molecule has 5 heteroatoms. The molecule has 0 aliphatic heterocycles. The van der Waals surface area contributed by atoms with Crippen LogP contribution in [0.3, 0.4) is 0 Å². The predicted octanol–water partition coefficient (Wildman–Crippen LogP) is 3.11. The van der Waals surface area contributed by atoms with Crippen molar-refractivity contribution in [1.29, 1.82) is 0 Å². The van der Waals surface area contributed by atoms with Crippen molar-refractivity contribution in [2.45, 2.75) is 65.3 Å². The number of likely N-dealkylation sites (N-methyl/N-ethyl adjacent to an activating group) is 1. The topological polar surface area (TPSA) is 48.9 Å². The van der Waals surface area contributed by atoms with Gasteiger partial charge in [-0.2, -0.15) is 0 Å². The summed E-state index contributed by atoms with van der Waals surface area (Å²) in [6, 6.07) is 0.525. The van der Waals surface area contributed by atoms with Crippen LogP contribution in [0.4, 0.5) is 0 Å². The van der Waals surface area contributed by atoms with Crippen LogP contribution in [-0.4, -0.2) is 64.3 Å². The van der Waals surface area contributed by atoms with Crippen LogP contribution >= 0.6 is 0 Å². The normalized spacial score (nSPS) is 18.8. The minimum absolute atomic E-state index is 0.381. The maximum Gasteiger partial charge on any atom is 0.191 e. The van der Waals surface area contributed by atoms with Gasteiger partial charge in [-0.3, -0.25) is 4.99 Å². The highest BCUT2D eigenvalue weighted by atomic mass is 16.5. The molecule has 148 valence electrons. The van der Waals surface area contributed by atoms with Gasteiger partial charge in [0.25, 0.3) is 0 Å². The Bertz CT molecular complexity index is 376. The minimum atomic E-state index is 0.381. The molecule has 1 rings (SSSR count). The summed E-state index contributed by atoms with van der Waals surface area (Å²) in [5.74, 6) is 1.63. The molecule has 25 heavy (non-hydrogen) atoms. The molecule has 1 atom stereocenters. The number of rotatable bonds is 11. The second-order valence-corrected chi connectivity index (χ2v) is 8.21. The molecule has 5 nitrogen and oxygen atoms in total. The van der Waals surface area contributed by atoms with E-state index in [0.29, 0.717) is 17.4 Å². The van der Waals surface area contributed by atoms with Gasteiger partial charge in [0.05, 0.1) is 0 Å². The standard InChI is InChI=1S/C20H42N4O/c1-7-25-13-12-20(10-8-9-11-20)16-23-19(21-4)22-15-18(24(5)6)14-17(2)3/h17-18H,7-16H2,1-6H3,(H2,21,22,23). The van der Waals surface area contributed by atoms with Crippen LogP contribution in [0.25, 0.3) is 0 Å². The second kappa shape index (κ2) is 11.7. The lowest BCUT2D eigenvalue weighted by Crippen LogP contribution is -2.48. The predicted molar refractivity (Wildman–Crippen MR) is 108 cm³/mol. The number of nitrogens with one attached hydrogen (secondary N) is 2. The van der Waals surface area contributed by atoms with Crippen LogP contribution < -0.4 is 10.6 Å². The first-order valence-electron chi connectivity index (χ1n) is 10.1. The third-order valence-corrected chi connectivity index (χ3v) is 5.48. The van der Waals surface area contributed by atoms with E-state index in [1.165, 1.54) is 32.1 Å². The fourth-order valence-electron chi connectivity index (χ4n) is 3.80. The molecule has 1 unspecified atom stereocenters. The molecule has 0 saturated heterocycles. The number of nitrogens with zero attached hydrogens (tertiary/aromatic N) is 2. The van der Waals surface area contributed by atoms with Gasteiger partial charge < -0.3 is 20.3 Å². The van der Waals surface area contributed by atoms with Crippen LogP contribution in [0.15, 0.2) is 4.99 Å². The van der Waals surface area contributed by atoms with Gasteiger partial charge in [0.1, 0.15) is 0 Å². The van der Waals surface area contributed by atoms with E-state index < -0.39 is 0 Å². The summed E-state index contributed by atoms with van der Waals surface area (Å²) in [4.78, 5) is 6.74. The van der Waals surface area contributed by atoms with Crippen LogP contribution in [0.5, 0.6) is 0 Å². The summed E-state index contributed by atoms with van der Waals surface area (Å²) < 4.78 is 5.62. The summed E-state index contributed by atoms with van der Waals surface area (Å²) >= 11 is 0. The molecular weight excluding hydrogens is 312 g/mol. The largest absolute Gasteiger partial charge is 0.382 e. The minimum Gasteiger partial charge on any atom is -0.382 e. The number of guanidine groups is 1. The monoisotopic (exact) mass is 354 g/mol. The summed E-state index contributed by atoms with van der Waals surface area (Å²) in [5.41, 5.74) is 0.381. The average molecular weight is 355 g/mol. The summed E-state index contributed by atoms with van der Waals surface area (Å²) in [7, 11) is 6.18. The van der Waals surface area contributed by atoms with Crippen molar-refractivity contribution in [2.75, 3.05) is 47.4 Å². The highest BCUT2D eigenvalue weighted by Crippen LogP contribution is 2.40. The lowest BCUT2D eigenvalue weighted by Gasteiger charge is -2.31. The van der Waals surface area contributed by atoms with E-state index in [1.807, 2.05) is 7.05 Å².